The van der Waals surface area contributed by atoms with Crippen molar-refractivity contribution in [1.29, 1.82) is 5.26 Å². The van der Waals surface area contributed by atoms with Gasteiger partial charge in [-0.1, -0.05) is 42.0 Å². The van der Waals surface area contributed by atoms with Crippen molar-refractivity contribution in [3.8, 4) is 6.07 Å². The highest BCUT2D eigenvalue weighted by atomic mass is 16.6. The maximum atomic E-state index is 13.4. The van der Waals surface area contributed by atoms with E-state index in [-0.39, 0.29) is 0 Å². The molecule has 1 heterocycles. The molecular weight excluding hydrogens is 354 g/mol. The van der Waals surface area contributed by atoms with Crippen LogP contribution in [0.3, 0.4) is 0 Å². The first-order valence-electron chi connectivity index (χ1n) is 9.06. The molecule has 1 aliphatic heterocycles. The first-order chi connectivity index (χ1) is 13.2. The van der Waals surface area contributed by atoms with Crippen LogP contribution < -0.4 is 10.2 Å². The van der Waals surface area contributed by atoms with E-state index in [1.165, 1.54) is 4.90 Å². The Hall–Kier alpha value is -3.33. The van der Waals surface area contributed by atoms with Crippen LogP contribution in [-0.2, 0) is 21.6 Å². The zero-order chi connectivity index (χ0) is 20.5. The molecule has 0 aliphatic carbocycles. The SMILES string of the molecule is Cc1ccc2c(c1)[C@](C#N)(NC(=O)OC(C)(C)C)C(=O)N2Cc1ccccc1. The predicted octanol–water partition coefficient (Wildman–Crippen LogP) is 3.79. The summed E-state index contributed by atoms with van der Waals surface area (Å²) in [4.78, 5) is 27.3. The molecule has 0 saturated carbocycles. The summed E-state index contributed by atoms with van der Waals surface area (Å²) in [7, 11) is 0. The number of nitrogens with one attached hydrogen (secondary N) is 1. The van der Waals surface area contributed by atoms with Crippen LogP contribution in [0.1, 0.15) is 37.5 Å². The lowest BCUT2D eigenvalue weighted by Gasteiger charge is -2.26. The molecule has 0 bridgehead atoms. The Morgan fingerprint density at radius 3 is 2.50 bits per heavy atom. The second-order valence-corrected chi connectivity index (χ2v) is 7.89. The monoisotopic (exact) mass is 377 g/mol. The van der Waals surface area contributed by atoms with E-state index in [2.05, 4.69) is 5.32 Å². The Morgan fingerprint density at radius 1 is 1.21 bits per heavy atom. The third-order valence-corrected chi connectivity index (χ3v) is 4.45. The summed E-state index contributed by atoms with van der Waals surface area (Å²) in [5, 5.41) is 12.5. The van der Waals surface area contributed by atoms with E-state index in [1.807, 2.05) is 49.4 Å². The number of carbonyl (C=O) groups excluding carboxylic acids is 2. The molecule has 1 aliphatic rings. The number of rotatable bonds is 3. The normalized spacial score (nSPS) is 18.4. The molecule has 28 heavy (non-hydrogen) atoms. The van der Waals surface area contributed by atoms with E-state index >= 15 is 0 Å². The lowest BCUT2D eigenvalue weighted by atomic mass is 9.92. The molecule has 0 spiro atoms. The second kappa shape index (κ2) is 7.01. The third kappa shape index (κ3) is 3.56. The minimum atomic E-state index is -1.82. The Morgan fingerprint density at radius 2 is 1.89 bits per heavy atom. The summed E-state index contributed by atoms with van der Waals surface area (Å²) in [6.45, 7) is 7.35. The van der Waals surface area contributed by atoms with Gasteiger partial charge in [-0.2, -0.15) is 5.26 Å². The topological polar surface area (TPSA) is 82.4 Å². The third-order valence-electron chi connectivity index (χ3n) is 4.45. The highest BCUT2D eigenvalue weighted by molar-refractivity contribution is 6.11. The number of nitriles is 1. The summed E-state index contributed by atoms with van der Waals surface area (Å²) in [5.74, 6) is -0.495. The quantitative estimate of drug-likeness (QED) is 0.882. The number of carbonyl (C=O) groups is 2. The Kier molecular flexibility index (Phi) is 4.86. The number of aryl methyl sites for hydroxylation is 1. The summed E-state index contributed by atoms with van der Waals surface area (Å²) in [6.07, 6.45) is -0.809. The van der Waals surface area contributed by atoms with Gasteiger partial charge in [0.1, 0.15) is 11.7 Å². The van der Waals surface area contributed by atoms with Gasteiger partial charge in [0.05, 0.1) is 12.2 Å². The molecule has 0 fully saturated rings. The number of hydrogen-bond acceptors (Lipinski definition) is 4. The van der Waals surface area contributed by atoms with Gasteiger partial charge in [0.2, 0.25) is 5.54 Å². The number of nitrogens with zero attached hydrogens (tertiary/aromatic N) is 2. The Labute approximate surface area is 164 Å². The fourth-order valence-electron chi connectivity index (χ4n) is 3.25. The average molecular weight is 377 g/mol. The molecule has 3 rings (SSSR count). The molecule has 2 aromatic carbocycles. The van der Waals surface area contributed by atoms with E-state index in [0.717, 1.165) is 11.1 Å². The number of benzene rings is 2. The van der Waals surface area contributed by atoms with Gasteiger partial charge in [0.25, 0.3) is 5.91 Å². The minimum Gasteiger partial charge on any atom is -0.444 e. The summed E-state index contributed by atoms with van der Waals surface area (Å²) in [6, 6.07) is 17.0. The van der Waals surface area contributed by atoms with Gasteiger partial charge in [0, 0.05) is 5.56 Å². The second-order valence-electron chi connectivity index (χ2n) is 7.89. The standard InChI is InChI=1S/C22H23N3O3/c1-15-10-11-18-17(12-15)22(14-23,24-20(27)28-21(2,3)4)19(26)25(18)13-16-8-6-5-7-9-16/h5-12H,13H2,1-4H3,(H,24,27)/t22-/m0/s1. The minimum absolute atomic E-state index is 0.301. The van der Waals surface area contributed by atoms with Crippen molar-refractivity contribution in [2.75, 3.05) is 4.90 Å². The van der Waals surface area contributed by atoms with Crippen LogP contribution in [0.15, 0.2) is 48.5 Å². The van der Waals surface area contributed by atoms with Gasteiger partial charge >= 0.3 is 6.09 Å². The molecule has 0 radical (unpaired) electrons. The van der Waals surface area contributed by atoms with Crippen molar-refractivity contribution >= 4 is 17.7 Å². The van der Waals surface area contributed by atoms with E-state index in [9.17, 15) is 14.9 Å². The van der Waals surface area contributed by atoms with E-state index in [4.69, 9.17) is 4.74 Å². The van der Waals surface area contributed by atoms with Crippen molar-refractivity contribution in [2.24, 2.45) is 0 Å². The van der Waals surface area contributed by atoms with Gasteiger partial charge in [-0.05, 0) is 45.4 Å². The number of hydrogen-bond donors (Lipinski definition) is 1. The van der Waals surface area contributed by atoms with Crippen LogP contribution in [0.5, 0.6) is 0 Å². The van der Waals surface area contributed by atoms with Gasteiger partial charge in [0.15, 0.2) is 0 Å². The highest BCUT2D eigenvalue weighted by Gasteiger charge is 2.53. The number of alkyl carbamates (subject to hydrolysis) is 1. The van der Waals surface area contributed by atoms with Crippen LogP contribution in [0.2, 0.25) is 0 Å². The zero-order valence-electron chi connectivity index (χ0n) is 16.4. The number of fused-ring (bicyclic) bond motifs is 1. The molecule has 1 atom stereocenters. The van der Waals surface area contributed by atoms with Crippen LogP contribution in [-0.4, -0.2) is 17.6 Å². The van der Waals surface area contributed by atoms with Gasteiger partial charge in [-0.15, -0.1) is 0 Å². The zero-order valence-corrected chi connectivity index (χ0v) is 16.4. The number of ether oxygens (including phenoxy) is 1. The van der Waals surface area contributed by atoms with Crippen LogP contribution >= 0.6 is 0 Å². The van der Waals surface area contributed by atoms with E-state index in [1.54, 1.807) is 32.9 Å². The molecular formula is C22H23N3O3. The van der Waals surface area contributed by atoms with Crippen molar-refractivity contribution in [3.63, 3.8) is 0 Å². The smallest absolute Gasteiger partial charge is 0.409 e. The summed E-state index contributed by atoms with van der Waals surface area (Å²) < 4.78 is 5.30. The molecule has 2 aromatic rings. The molecule has 0 saturated heterocycles. The van der Waals surface area contributed by atoms with Crippen molar-refractivity contribution in [2.45, 2.75) is 45.4 Å². The van der Waals surface area contributed by atoms with E-state index in [0.29, 0.717) is 17.8 Å². The summed E-state index contributed by atoms with van der Waals surface area (Å²) >= 11 is 0. The fourth-order valence-corrected chi connectivity index (χ4v) is 3.25. The van der Waals surface area contributed by atoms with Gasteiger partial charge in [-0.3, -0.25) is 10.1 Å². The predicted molar refractivity (Wildman–Crippen MR) is 105 cm³/mol. The van der Waals surface area contributed by atoms with E-state index < -0.39 is 23.1 Å². The first kappa shape index (κ1) is 19.4. The lowest BCUT2D eigenvalue weighted by molar-refractivity contribution is -0.122. The number of anilines is 1. The maximum absolute atomic E-state index is 13.4. The highest BCUT2D eigenvalue weighted by Crippen LogP contribution is 2.41. The fraction of sp³-hybridized carbons (Fsp3) is 0.318. The summed E-state index contributed by atoms with van der Waals surface area (Å²) in [5.41, 5.74) is 0.311. The van der Waals surface area contributed by atoms with Crippen LogP contribution in [0.4, 0.5) is 10.5 Å². The molecule has 1 N–H and O–H groups in total. The van der Waals surface area contributed by atoms with Crippen molar-refractivity contribution in [3.05, 3.63) is 65.2 Å². The van der Waals surface area contributed by atoms with Crippen molar-refractivity contribution < 1.29 is 14.3 Å². The molecule has 6 heteroatoms. The molecule has 0 unspecified atom stereocenters. The van der Waals surface area contributed by atoms with Crippen molar-refractivity contribution in [1.82, 2.24) is 5.32 Å². The van der Waals surface area contributed by atoms with Crippen LogP contribution in [0.25, 0.3) is 0 Å². The molecule has 144 valence electrons. The lowest BCUT2D eigenvalue weighted by Crippen LogP contribution is -2.53. The molecule has 6 nitrogen and oxygen atoms in total. The van der Waals surface area contributed by atoms with Crippen LogP contribution in [0, 0.1) is 18.3 Å². The largest absolute Gasteiger partial charge is 0.444 e. The molecule has 2 amide bonds. The first-order valence-corrected chi connectivity index (χ1v) is 9.06. The van der Waals surface area contributed by atoms with Gasteiger partial charge < -0.3 is 9.64 Å². The number of amides is 2. The molecule has 0 aromatic heterocycles. The van der Waals surface area contributed by atoms with Gasteiger partial charge in [-0.25, -0.2) is 4.79 Å². The average Bonchev–Trinajstić information content (AvgIpc) is 2.83. The Balaban J connectivity index is 2.03. The Bertz CT molecular complexity index is 957. The maximum Gasteiger partial charge on any atom is 0.409 e.